The van der Waals surface area contributed by atoms with Crippen molar-refractivity contribution in [3.05, 3.63) is 34.3 Å². The molecule has 1 aromatic carbocycles. The predicted octanol–water partition coefficient (Wildman–Crippen LogP) is 2.68. The molecule has 3 unspecified atom stereocenters. The minimum Gasteiger partial charge on any atom is -0.408 e. The molecule has 23 heavy (non-hydrogen) atoms. The standard InChI is InChI=1S/C18H24N2O3/c1-11-7-12(2)10-20(9-11)13(3)17(21)14-5-6-15-16(8-14)23-18(22)19(15)4/h5-6,8,11-13H,7,9-10H2,1-4H3. The van der Waals surface area contributed by atoms with Crippen LogP contribution in [-0.2, 0) is 7.05 Å². The molecule has 1 aliphatic heterocycles. The highest BCUT2D eigenvalue weighted by atomic mass is 16.4. The largest absolute Gasteiger partial charge is 0.419 e. The maximum Gasteiger partial charge on any atom is 0.419 e. The Morgan fingerprint density at radius 3 is 2.57 bits per heavy atom. The van der Waals surface area contributed by atoms with Crippen LogP contribution in [0.25, 0.3) is 11.1 Å². The summed E-state index contributed by atoms with van der Waals surface area (Å²) in [5, 5.41) is 0. The second kappa shape index (κ2) is 5.96. The zero-order chi connectivity index (χ0) is 16.7. The molecule has 5 heteroatoms. The van der Waals surface area contributed by atoms with Gasteiger partial charge in [0.25, 0.3) is 0 Å². The maximum absolute atomic E-state index is 12.8. The summed E-state index contributed by atoms with van der Waals surface area (Å²) in [4.78, 5) is 26.7. The quantitative estimate of drug-likeness (QED) is 0.817. The van der Waals surface area contributed by atoms with Gasteiger partial charge in [-0.2, -0.15) is 0 Å². The molecular weight excluding hydrogens is 292 g/mol. The van der Waals surface area contributed by atoms with Crippen molar-refractivity contribution in [2.24, 2.45) is 18.9 Å². The summed E-state index contributed by atoms with van der Waals surface area (Å²) in [6, 6.07) is 5.09. The molecule has 1 aromatic heterocycles. The number of rotatable bonds is 3. The van der Waals surface area contributed by atoms with Crippen molar-refractivity contribution in [2.75, 3.05) is 13.1 Å². The fourth-order valence-corrected chi connectivity index (χ4v) is 3.72. The van der Waals surface area contributed by atoms with E-state index in [9.17, 15) is 9.59 Å². The van der Waals surface area contributed by atoms with Crippen molar-refractivity contribution >= 4 is 16.9 Å². The molecule has 3 atom stereocenters. The van der Waals surface area contributed by atoms with Crippen LogP contribution in [0, 0.1) is 11.8 Å². The van der Waals surface area contributed by atoms with Crippen LogP contribution in [0.15, 0.2) is 27.4 Å². The first-order valence-corrected chi connectivity index (χ1v) is 8.24. The zero-order valence-electron chi connectivity index (χ0n) is 14.2. The first kappa shape index (κ1) is 16.0. The minimum atomic E-state index is -0.406. The number of benzene rings is 1. The van der Waals surface area contributed by atoms with Gasteiger partial charge in [0.2, 0.25) is 0 Å². The normalized spacial score (nSPS) is 24.0. The highest BCUT2D eigenvalue weighted by Crippen LogP contribution is 2.24. The van der Waals surface area contributed by atoms with Gasteiger partial charge in [-0.25, -0.2) is 4.79 Å². The Labute approximate surface area is 135 Å². The number of nitrogens with zero attached hydrogens (tertiary/aromatic N) is 2. The third-order valence-corrected chi connectivity index (χ3v) is 4.90. The molecule has 0 amide bonds. The van der Waals surface area contributed by atoms with Crippen molar-refractivity contribution in [3.63, 3.8) is 0 Å². The number of carbonyl (C=O) groups excluding carboxylic acids is 1. The monoisotopic (exact) mass is 316 g/mol. The topological polar surface area (TPSA) is 55.5 Å². The summed E-state index contributed by atoms with van der Waals surface area (Å²) in [7, 11) is 1.66. The smallest absolute Gasteiger partial charge is 0.408 e. The molecule has 124 valence electrons. The number of aryl methyl sites for hydroxylation is 1. The SMILES string of the molecule is CC1CC(C)CN(C(C)C(=O)c2ccc3c(c2)oc(=O)n3C)C1. The van der Waals surface area contributed by atoms with Gasteiger partial charge in [-0.05, 0) is 43.4 Å². The van der Waals surface area contributed by atoms with Gasteiger partial charge in [0, 0.05) is 25.7 Å². The fraction of sp³-hybridized carbons (Fsp3) is 0.556. The van der Waals surface area contributed by atoms with Crippen LogP contribution in [0.3, 0.4) is 0 Å². The van der Waals surface area contributed by atoms with Crippen LogP contribution in [0.1, 0.15) is 37.6 Å². The van der Waals surface area contributed by atoms with Gasteiger partial charge in [-0.1, -0.05) is 13.8 Å². The number of aromatic nitrogens is 1. The molecule has 0 bridgehead atoms. The highest BCUT2D eigenvalue weighted by Gasteiger charge is 2.29. The summed E-state index contributed by atoms with van der Waals surface area (Å²) < 4.78 is 6.64. The summed E-state index contributed by atoms with van der Waals surface area (Å²) >= 11 is 0. The lowest BCUT2D eigenvalue weighted by Gasteiger charge is -2.38. The zero-order valence-corrected chi connectivity index (χ0v) is 14.2. The third-order valence-electron chi connectivity index (χ3n) is 4.90. The number of hydrogen-bond acceptors (Lipinski definition) is 4. The van der Waals surface area contributed by atoms with E-state index in [0.717, 1.165) is 13.1 Å². The lowest BCUT2D eigenvalue weighted by Crippen LogP contribution is -2.47. The highest BCUT2D eigenvalue weighted by molar-refractivity contribution is 6.01. The van der Waals surface area contributed by atoms with Gasteiger partial charge < -0.3 is 4.42 Å². The van der Waals surface area contributed by atoms with Crippen LogP contribution in [0.4, 0.5) is 0 Å². The average Bonchev–Trinajstić information content (AvgIpc) is 2.79. The molecule has 0 N–H and O–H groups in total. The average molecular weight is 316 g/mol. The summed E-state index contributed by atoms with van der Waals surface area (Å²) in [6.07, 6.45) is 1.22. The summed E-state index contributed by atoms with van der Waals surface area (Å²) in [5.41, 5.74) is 1.78. The van der Waals surface area contributed by atoms with Gasteiger partial charge in [0.15, 0.2) is 11.4 Å². The molecule has 1 aliphatic rings. The molecular formula is C18H24N2O3. The van der Waals surface area contributed by atoms with Gasteiger partial charge in [-0.15, -0.1) is 0 Å². The summed E-state index contributed by atoms with van der Waals surface area (Å²) in [5.74, 6) is 0.906. The van der Waals surface area contributed by atoms with Gasteiger partial charge in [0.1, 0.15) is 0 Å². The second-order valence-corrected chi connectivity index (χ2v) is 7.05. The summed E-state index contributed by atoms with van der Waals surface area (Å²) in [6.45, 7) is 8.37. The van der Waals surface area contributed by atoms with E-state index >= 15 is 0 Å². The van der Waals surface area contributed by atoms with Crippen molar-refractivity contribution in [1.29, 1.82) is 0 Å². The number of ketones is 1. The Hall–Kier alpha value is -1.88. The molecule has 5 nitrogen and oxygen atoms in total. The van der Waals surface area contributed by atoms with Gasteiger partial charge in [0.05, 0.1) is 11.6 Å². The first-order valence-electron chi connectivity index (χ1n) is 8.24. The molecule has 0 aliphatic carbocycles. The van der Waals surface area contributed by atoms with Crippen LogP contribution in [0.5, 0.6) is 0 Å². The Balaban J connectivity index is 1.86. The van der Waals surface area contributed by atoms with Gasteiger partial charge in [-0.3, -0.25) is 14.3 Å². The maximum atomic E-state index is 12.8. The Morgan fingerprint density at radius 1 is 1.26 bits per heavy atom. The van der Waals surface area contributed by atoms with Crippen molar-refractivity contribution in [1.82, 2.24) is 9.47 Å². The number of oxazole rings is 1. The molecule has 0 radical (unpaired) electrons. The molecule has 1 fully saturated rings. The van der Waals surface area contributed by atoms with Crippen molar-refractivity contribution in [3.8, 4) is 0 Å². The predicted molar refractivity (Wildman–Crippen MR) is 89.8 cm³/mol. The van der Waals surface area contributed by atoms with Crippen LogP contribution < -0.4 is 5.76 Å². The number of piperidine rings is 1. The molecule has 1 saturated heterocycles. The van der Waals surface area contributed by atoms with Crippen LogP contribution in [-0.4, -0.2) is 34.4 Å². The van der Waals surface area contributed by atoms with E-state index in [2.05, 4.69) is 18.7 Å². The number of carbonyl (C=O) groups is 1. The number of fused-ring (bicyclic) bond motifs is 1. The van der Waals surface area contributed by atoms with Gasteiger partial charge >= 0.3 is 5.76 Å². The number of likely N-dealkylation sites (tertiary alicyclic amines) is 1. The number of Topliss-reactive ketones (excluding diaryl/α,β-unsaturated/α-hetero) is 1. The Kier molecular flexibility index (Phi) is 4.15. The first-order chi connectivity index (χ1) is 10.9. The van der Waals surface area contributed by atoms with E-state index in [1.54, 1.807) is 25.2 Å². The Bertz CT molecular complexity index is 779. The Morgan fingerprint density at radius 2 is 1.91 bits per heavy atom. The fourth-order valence-electron chi connectivity index (χ4n) is 3.72. The third kappa shape index (κ3) is 2.98. The van der Waals surface area contributed by atoms with E-state index in [1.165, 1.54) is 11.0 Å². The van der Waals surface area contributed by atoms with E-state index in [4.69, 9.17) is 4.42 Å². The minimum absolute atomic E-state index is 0.0831. The van der Waals surface area contributed by atoms with Crippen molar-refractivity contribution < 1.29 is 9.21 Å². The molecule has 0 spiro atoms. The van der Waals surface area contributed by atoms with E-state index in [1.807, 2.05) is 6.92 Å². The number of hydrogen-bond donors (Lipinski definition) is 0. The van der Waals surface area contributed by atoms with E-state index < -0.39 is 5.76 Å². The molecule has 3 rings (SSSR count). The molecule has 2 aromatic rings. The second-order valence-electron chi connectivity index (χ2n) is 7.05. The molecule has 0 saturated carbocycles. The van der Waals surface area contributed by atoms with Crippen LogP contribution in [0.2, 0.25) is 0 Å². The molecule has 2 heterocycles. The lowest BCUT2D eigenvalue weighted by molar-refractivity contribution is 0.0686. The van der Waals surface area contributed by atoms with E-state index in [-0.39, 0.29) is 11.8 Å². The van der Waals surface area contributed by atoms with Crippen molar-refractivity contribution in [2.45, 2.75) is 33.2 Å². The van der Waals surface area contributed by atoms with E-state index in [0.29, 0.717) is 28.5 Å². The lowest BCUT2D eigenvalue weighted by atomic mass is 9.90. The van der Waals surface area contributed by atoms with Crippen LogP contribution >= 0.6 is 0 Å².